The lowest BCUT2D eigenvalue weighted by molar-refractivity contribution is -0.152. The molecule has 7 nitrogen and oxygen atoms in total. The van der Waals surface area contributed by atoms with Gasteiger partial charge in [-0.2, -0.15) is 0 Å². The molecule has 0 radical (unpaired) electrons. The van der Waals surface area contributed by atoms with E-state index in [1.165, 1.54) is 24.3 Å². The van der Waals surface area contributed by atoms with Crippen LogP contribution in [0.1, 0.15) is 6.42 Å². The first-order valence-electron chi connectivity index (χ1n) is 6.64. The van der Waals surface area contributed by atoms with Crippen LogP contribution in [0.2, 0.25) is 0 Å². The number of rotatable bonds is 6. The highest BCUT2D eigenvalue weighted by Gasteiger charge is 2.20. The molecule has 1 atom stereocenters. The van der Waals surface area contributed by atoms with E-state index in [1.807, 2.05) is 0 Å². The highest BCUT2D eigenvalue weighted by Crippen LogP contribution is 2.35. The summed E-state index contributed by atoms with van der Waals surface area (Å²) in [5.74, 6) is -2.16. The van der Waals surface area contributed by atoms with E-state index in [1.54, 1.807) is 24.3 Å². The predicted molar refractivity (Wildman–Crippen MR) is 78.5 cm³/mol. The lowest BCUT2D eigenvalue weighted by Gasteiger charge is -2.12. The second kappa shape index (κ2) is 7.28. The number of esters is 1. The number of carboxylic acids is 1. The zero-order valence-corrected chi connectivity index (χ0v) is 11.9. The Morgan fingerprint density at radius 3 is 2.13 bits per heavy atom. The van der Waals surface area contributed by atoms with E-state index in [0.717, 1.165) is 0 Å². The molecule has 7 heteroatoms. The molecular weight excluding hydrogens is 304 g/mol. The van der Waals surface area contributed by atoms with Crippen molar-refractivity contribution in [3.63, 3.8) is 0 Å². The molecule has 0 saturated heterocycles. The van der Waals surface area contributed by atoms with E-state index in [4.69, 9.17) is 19.7 Å². The molecule has 0 saturated carbocycles. The Labute approximate surface area is 131 Å². The number of carbonyl (C=O) groups excluding carboxylic acids is 1. The minimum atomic E-state index is -1.84. The first-order chi connectivity index (χ1) is 11.0. The van der Waals surface area contributed by atoms with E-state index < -0.39 is 24.5 Å². The van der Waals surface area contributed by atoms with Crippen LogP contribution in [0.25, 0.3) is 0 Å². The number of phenolic OH excluding ortho intramolecular Hbond substituents is 1. The van der Waals surface area contributed by atoms with Gasteiger partial charge in [-0.15, -0.1) is 0 Å². The van der Waals surface area contributed by atoms with Crippen LogP contribution < -0.4 is 9.47 Å². The third-order valence-corrected chi connectivity index (χ3v) is 2.80. The molecule has 1 unspecified atom stereocenters. The highest BCUT2D eigenvalue weighted by atomic mass is 16.6. The van der Waals surface area contributed by atoms with E-state index in [-0.39, 0.29) is 23.0 Å². The van der Waals surface area contributed by atoms with Gasteiger partial charge >= 0.3 is 11.9 Å². The summed E-state index contributed by atoms with van der Waals surface area (Å²) in [4.78, 5) is 22.2. The number of carbonyl (C=O) groups is 2. The number of benzene rings is 2. The molecule has 2 aromatic rings. The number of hydrogen-bond donors (Lipinski definition) is 3. The van der Waals surface area contributed by atoms with Crippen LogP contribution in [0.5, 0.6) is 23.0 Å². The van der Waals surface area contributed by atoms with Gasteiger partial charge in [0, 0.05) is 0 Å². The van der Waals surface area contributed by atoms with Crippen LogP contribution in [0, 0.1) is 0 Å². The molecule has 0 aliphatic carbocycles. The smallest absolute Gasteiger partial charge is 0.333 e. The van der Waals surface area contributed by atoms with Crippen molar-refractivity contribution in [1.29, 1.82) is 0 Å². The maximum Gasteiger partial charge on any atom is 0.333 e. The van der Waals surface area contributed by atoms with Crippen molar-refractivity contribution in [1.82, 2.24) is 0 Å². The molecule has 2 aromatic carbocycles. The van der Waals surface area contributed by atoms with Crippen molar-refractivity contribution < 1.29 is 34.4 Å². The summed E-state index contributed by atoms with van der Waals surface area (Å²) in [6.45, 7) is 0. The van der Waals surface area contributed by atoms with Crippen LogP contribution in [0.15, 0.2) is 48.5 Å². The molecule has 0 heterocycles. The Bertz CT molecular complexity index is 711. The zero-order chi connectivity index (χ0) is 16.8. The van der Waals surface area contributed by atoms with Crippen LogP contribution >= 0.6 is 0 Å². The Hall–Kier alpha value is -3.06. The number of phenols is 1. The average molecular weight is 318 g/mol. The first kappa shape index (κ1) is 16.3. The minimum absolute atomic E-state index is 0.0401. The largest absolute Gasteiger partial charge is 0.504 e. The molecule has 0 aliphatic rings. The number of aliphatic hydroxyl groups is 1. The van der Waals surface area contributed by atoms with Gasteiger partial charge in [-0.1, -0.05) is 24.3 Å². The quantitative estimate of drug-likeness (QED) is 0.551. The molecule has 120 valence electrons. The number of aliphatic hydroxyl groups excluding tert-OH is 1. The van der Waals surface area contributed by atoms with Crippen LogP contribution in [0.4, 0.5) is 0 Å². The lowest BCUT2D eigenvalue weighted by atomic mass is 10.2. The van der Waals surface area contributed by atoms with Gasteiger partial charge in [0.15, 0.2) is 29.1 Å². The van der Waals surface area contributed by atoms with Gasteiger partial charge in [0.1, 0.15) is 0 Å². The van der Waals surface area contributed by atoms with Gasteiger partial charge in [-0.3, -0.25) is 4.79 Å². The molecule has 0 spiro atoms. The van der Waals surface area contributed by atoms with E-state index >= 15 is 0 Å². The van der Waals surface area contributed by atoms with Gasteiger partial charge < -0.3 is 24.8 Å². The minimum Gasteiger partial charge on any atom is -0.504 e. The number of carboxylic acid groups (broad SMARTS) is 1. The van der Waals surface area contributed by atoms with Gasteiger partial charge in [-0.25, -0.2) is 4.79 Å². The fourth-order valence-electron chi connectivity index (χ4n) is 1.69. The van der Waals surface area contributed by atoms with Gasteiger partial charge in [0.25, 0.3) is 0 Å². The summed E-state index contributed by atoms with van der Waals surface area (Å²) in [7, 11) is 0. The molecule has 0 bridgehead atoms. The van der Waals surface area contributed by atoms with Crippen LogP contribution in [-0.2, 0) is 9.59 Å². The summed E-state index contributed by atoms with van der Waals surface area (Å²) in [6.07, 6.45) is -2.53. The zero-order valence-electron chi connectivity index (χ0n) is 11.9. The monoisotopic (exact) mass is 318 g/mol. The summed E-state index contributed by atoms with van der Waals surface area (Å²) in [5, 5.41) is 27.4. The fourth-order valence-corrected chi connectivity index (χ4v) is 1.69. The Morgan fingerprint density at radius 1 is 0.957 bits per heavy atom. The van der Waals surface area contributed by atoms with Crippen molar-refractivity contribution in [2.75, 3.05) is 0 Å². The first-order valence-corrected chi connectivity index (χ1v) is 6.64. The number of aliphatic carboxylic acids is 1. The second-order valence-electron chi connectivity index (χ2n) is 4.55. The SMILES string of the molecule is O=C(CC(O)C(=O)O)Oc1ccccc1Oc1ccccc1O. The van der Waals surface area contributed by atoms with Crippen molar-refractivity contribution in [3.05, 3.63) is 48.5 Å². The number of ether oxygens (including phenoxy) is 2. The molecule has 3 N–H and O–H groups in total. The fraction of sp³-hybridized carbons (Fsp3) is 0.125. The maximum absolute atomic E-state index is 11.6. The third-order valence-electron chi connectivity index (χ3n) is 2.80. The number of aromatic hydroxyl groups is 1. The molecule has 0 fully saturated rings. The molecule has 0 aliphatic heterocycles. The van der Waals surface area contributed by atoms with E-state index in [9.17, 15) is 14.7 Å². The molecule has 2 rings (SSSR count). The van der Waals surface area contributed by atoms with E-state index in [2.05, 4.69) is 0 Å². The molecular formula is C16H14O7. The van der Waals surface area contributed by atoms with Gasteiger partial charge in [-0.05, 0) is 24.3 Å². The summed E-state index contributed by atoms with van der Waals surface area (Å²) < 4.78 is 10.5. The van der Waals surface area contributed by atoms with Gasteiger partial charge in [0.05, 0.1) is 6.42 Å². The molecule has 0 amide bonds. The normalized spacial score (nSPS) is 11.5. The molecule has 0 aromatic heterocycles. The summed E-state index contributed by atoms with van der Waals surface area (Å²) >= 11 is 0. The number of hydrogen-bond acceptors (Lipinski definition) is 6. The molecule has 23 heavy (non-hydrogen) atoms. The summed E-state index contributed by atoms with van der Waals surface area (Å²) in [6, 6.07) is 12.4. The van der Waals surface area contributed by atoms with Crippen molar-refractivity contribution >= 4 is 11.9 Å². The standard InChI is InChI=1S/C16H14O7/c17-10-5-1-2-6-12(10)22-13-7-3-4-8-14(13)23-15(19)9-11(18)16(20)21/h1-8,11,17-18H,9H2,(H,20,21). The third kappa shape index (κ3) is 4.45. The summed E-state index contributed by atoms with van der Waals surface area (Å²) in [5.41, 5.74) is 0. The van der Waals surface area contributed by atoms with Crippen LogP contribution in [0.3, 0.4) is 0 Å². The van der Waals surface area contributed by atoms with Crippen molar-refractivity contribution in [2.45, 2.75) is 12.5 Å². The Kier molecular flexibility index (Phi) is 5.16. The topological polar surface area (TPSA) is 113 Å². The van der Waals surface area contributed by atoms with E-state index in [0.29, 0.717) is 0 Å². The number of para-hydroxylation sites is 4. The van der Waals surface area contributed by atoms with Crippen molar-refractivity contribution in [3.8, 4) is 23.0 Å². The Balaban J connectivity index is 2.13. The Morgan fingerprint density at radius 2 is 1.52 bits per heavy atom. The lowest BCUT2D eigenvalue weighted by Crippen LogP contribution is -2.25. The second-order valence-corrected chi connectivity index (χ2v) is 4.55. The van der Waals surface area contributed by atoms with Crippen molar-refractivity contribution in [2.24, 2.45) is 0 Å². The average Bonchev–Trinajstić information content (AvgIpc) is 2.51. The van der Waals surface area contributed by atoms with Gasteiger partial charge in [0.2, 0.25) is 0 Å². The predicted octanol–water partition coefficient (Wildman–Crippen LogP) is 1.93. The highest BCUT2D eigenvalue weighted by molar-refractivity contribution is 5.81. The maximum atomic E-state index is 11.6. The van der Waals surface area contributed by atoms with Crippen LogP contribution in [-0.4, -0.2) is 33.4 Å².